The predicted octanol–water partition coefficient (Wildman–Crippen LogP) is 7.05. The molecular weight excluding hydrogens is 468 g/mol. The van der Waals surface area contributed by atoms with E-state index in [1.807, 2.05) is 66.7 Å². The van der Waals surface area contributed by atoms with E-state index in [1.54, 1.807) is 14.2 Å². The maximum Gasteiger partial charge on any atom is 0.175 e. The fourth-order valence-electron chi connectivity index (χ4n) is 4.34. The number of methoxy groups -OCH3 is 2. The highest BCUT2D eigenvalue weighted by atomic mass is 32.1. The minimum atomic E-state index is 0.00515. The van der Waals surface area contributed by atoms with Gasteiger partial charge in [-0.3, -0.25) is 4.79 Å². The summed E-state index contributed by atoms with van der Waals surface area (Å²) in [5.41, 5.74) is 12.0. The molecule has 0 saturated carbocycles. The monoisotopic (exact) mass is 494 g/mol. The summed E-state index contributed by atoms with van der Waals surface area (Å²) >= 11 is 1.37. The van der Waals surface area contributed by atoms with Gasteiger partial charge < -0.3 is 15.2 Å². The number of nitrogen functional groups attached to an aromatic ring is 1. The number of ketones is 1. The smallest absolute Gasteiger partial charge is 0.175 e. The molecular formula is C30H26N2O3S. The number of nitrogens with zero attached hydrogens (tertiary/aromatic N) is 1. The lowest BCUT2D eigenvalue weighted by atomic mass is 9.99. The van der Waals surface area contributed by atoms with Crippen molar-refractivity contribution in [1.82, 2.24) is 4.98 Å². The van der Waals surface area contributed by atoms with Crippen LogP contribution in [0.4, 0.5) is 5.69 Å². The molecule has 0 radical (unpaired) electrons. The first kappa shape index (κ1) is 23.6. The number of carbonyl (C=O) groups is 1. The van der Waals surface area contributed by atoms with Crippen LogP contribution in [-0.4, -0.2) is 25.0 Å². The second-order valence-electron chi connectivity index (χ2n) is 8.42. The Morgan fingerprint density at radius 3 is 2.19 bits per heavy atom. The van der Waals surface area contributed by atoms with Crippen LogP contribution in [0, 0.1) is 0 Å². The Balaban J connectivity index is 1.52. The topological polar surface area (TPSA) is 74.4 Å². The van der Waals surface area contributed by atoms with E-state index in [1.165, 1.54) is 11.3 Å². The molecule has 5 nitrogen and oxygen atoms in total. The van der Waals surface area contributed by atoms with Crippen LogP contribution in [0.1, 0.15) is 21.7 Å². The van der Waals surface area contributed by atoms with Crippen molar-refractivity contribution in [2.45, 2.75) is 12.8 Å². The zero-order valence-electron chi connectivity index (χ0n) is 20.2. The highest BCUT2D eigenvalue weighted by Gasteiger charge is 2.21. The highest BCUT2D eigenvalue weighted by molar-refractivity contribution is 7.21. The Kier molecular flexibility index (Phi) is 6.69. The first-order valence-electron chi connectivity index (χ1n) is 11.7. The van der Waals surface area contributed by atoms with E-state index < -0.39 is 0 Å². The van der Waals surface area contributed by atoms with Crippen molar-refractivity contribution >= 4 is 33.0 Å². The Morgan fingerprint density at radius 1 is 0.861 bits per heavy atom. The van der Waals surface area contributed by atoms with Gasteiger partial charge in [0.25, 0.3) is 0 Å². The number of aryl methyl sites for hydroxylation is 1. The molecule has 0 amide bonds. The fraction of sp³-hybridized carbons (Fsp3) is 0.133. The molecule has 6 heteroatoms. The average molecular weight is 495 g/mol. The lowest BCUT2D eigenvalue weighted by Gasteiger charge is -2.09. The number of ether oxygens (including phenoxy) is 2. The van der Waals surface area contributed by atoms with Crippen molar-refractivity contribution in [3.8, 4) is 33.9 Å². The molecule has 5 aromatic rings. The third-order valence-corrected chi connectivity index (χ3v) is 7.34. The number of benzene rings is 3. The maximum absolute atomic E-state index is 13.3. The number of hydrogen-bond donors (Lipinski definition) is 1. The van der Waals surface area contributed by atoms with Crippen molar-refractivity contribution in [2.75, 3.05) is 20.0 Å². The van der Waals surface area contributed by atoms with Gasteiger partial charge in [0.15, 0.2) is 17.3 Å². The number of thiophene rings is 1. The summed E-state index contributed by atoms with van der Waals surface area (Å²) in [5.74, 6) is 1.31. The molecule has 0 bridgehead atoms. The molecule has 2 aromatic heterocycles. The van der Waals surface area contributed by atoms with Gasteiger partial charge in [-0.05, 0) is 41.3 Å². The third-order valence-electron chi connectivity index (χ3n) is 6.20. The van der Waals surface area contributed by atoms with Gasteiger partial charge in [0.1, 0.15) is 4.83 Å². The van der Waals surface area contributed by atoms with Gasteiger partial charge in [-0.25, -0.2) is 4.98 Å². The molecule has 5 rings (SSSR count). The number of aromatic nitrogens is 1. The number of pyridine rings is 1. The molecule has 2 N–H and O–H groups in total. The van der Waals surface area contributed by atoms with Gasteiger partial charge in [-0.2, -0.15) is 0 Å². The van der Waals surface area contributed by atoms with Crippen molar-refractivity contribution in [3.05, 3.63) is 95.4 Å². The van der Waals surface area contributed by atoms with Gasteiger partial charge in [-0.15, -0.1) is 11.3 Å². The van der Waals surface area contributed by atoms with Crippen molar-refractivity contribution in [1.29, 1.82) is 0 Å². The van der Waals surface area contributed by atoms with Crippen molar-refractivity contribution < 1.29 is 14.3 Å². The summed E-state index contributed by atoms with van der Waals surface area (Å²) in [7, 11) is 3.21. The highest BCUT2D eigenvalue weighted by Crippen LogP contribution is 2.42. The van der Waals surface area contributed by atoms with Gasteiger partial charge >= 0.3 is 0 Å². The van der Waals surface area contributed by atoms with Crippen molar-refractivity contribution in [3.63, 3.8) is 0 Å². The van der Waals surface area contributed by atoms with E-state index in [9.17, 15) is 4.79 Å². The minimum absolute atomic E-state index is 0.00515. The summed E-state index contributed by atoms with van der Waals surface area (Å²) in [6.45, 7) is 0. The summed E-state index contributed by atoms with van der Waals surface area (Å²) in [4.78, 5) is 19.6. The van der Waals surface area contributed by atoms with Crippen LogP contribution < -0.4 is 15.2 Å². The van der Waals surface area contributed by atoms with Crippen LogP contribution in [0.2, 0.25) is 0 Å². The molecule has 3 aromatic carbocycles. The average Bonchev–Trinajstić information content (AvgIpc) is 3.28. The lowest BCUT2D eigenvalue weighted by molar-refractivity contribution is 0.0987. The summed E-state index contributed by atoms with van der Waals surface area (Å²) in [5, 5.41) is 0.834. The minimum Gasteiger partial charge on any atom is -0.493 e. The Morgan fingerprint density at radius 2 is 1.53 bits per heavy atom. The predicted molar refractivity (Wildman–Crippen MR) is 147 cm³/mol. The van der Waals surface area contributed by atoms with E-state index in [0.29, 0.717) is 34.9 Å². The number of rotatable bonds is 8. The van der Waals surface area contributed by atoms with E-state index >= 15 is 0 Å². The molecule has 0 fully saturated rings. The van der Waals surface area contributed by atoms with Gasteiger partial charge in [0.05, 0.1) is 30.5 Å². The quantitative estimate of drug-likeness (QED) is 0.234. The van der Waals surface area contributed by atoms with Gasteiger partial charge in [0.2, 0.25) is 0 Å². The maximum atomic E-state index is 13.3. The van der Waals surface area contributed by atoms with Crippen LogP contribution in [0.5, 0.6) is 11.5 Å². The van der Waals surface area contributed by atoms with Crippen LogP contribution in [0.3, 0.4) is 0 Å². The standard InChI is InChI=1S/C30H26N2O3S/c1-34-25-16-14-19(17-26(25)35-2)13-15-24(33)29-28(31)27-22(20-9-5-3-6-10-20)18-23(32-30(27)36-29)21-11-7-4-8-12-21/h3-12,14,16-18H,13,15,31H2,1-2H3. The van der Waals surface area contributed by atoms with E-state index in [-0.39, 0.29) is 5.78 Å². The number of carbonyl (C=O) groups excluding carboxylic acids is 1. The molecule has 0 aliphatic rings. The summed E-state index contributed by atoms with van der Waals surface area (Å²) < 4.78 is 10.7. The summed E-state index contributed by atoms with van der Waals surface area (Å²) in [6, 6.07) is 27.9. The second-order valence-corrected chi connectivity index (χ2v) is 9.42. The Labute approximate surface area is 214 Å². The lowest BCUT2D eigenvalue weighted by Crippen LogP contribution is -2.02. The van der Waals surface area contributed by atoms with Crippen LogP contribution in [-0.2, 0) is 6.42 Å². The first-order valence-corrected chi connectivity index (χ1v) is 12.5. The van der Waals surface area contributed by atoms with E-state index in [4.69, 9.17) is 20.2 Å². The van der Waals surface area contributed by atoms with Crippen LogP contribution >= 0.6 is 11.3 Å². The number of nitrogens with two attached hydrogens (primary N) is 1. The first-order chi connectivity index (χ1) is 17.6. The third kappa shape index (κ3) is 4.55. The van der Waals surface area contributed by atoms with Gasteiger partial charge in [-0.1, -0.05) is 66.7 Å². The SMILES string of the molecule is COc1ccc(CCC(=O)c2sc3nc(-c4ccccc4)cc(-c4ccccc4)c3c2N)cc1OC. The molecule has 0 aliphatic carbocycles. The number of fused-ring (bicyclic) bond motifs is 1. The number of hydrogen-bond acceptors (Lipinski definition) is 6. The Bertz CT molecular complexity index is 1530. The molecule has 0 aliphatic heterocycles. The second kappa shape index (κ2) is 10.2. The normalized spacial score (nSPS) is 10.9. The van der Waals surface area contributed by atoms with Crippen LogP contribution in [0.25, 0.3) is 32.6 Å². The zero-order valence-corrected chi connectivity index (χ0v) is 21.0. The van der Waals surface area contributed by atoms with Crippen molar-refractivity contribution in [2.24, 2.45) is 0 Å². The molecule has 180 valence electrons. The molecule has 0 spiro atoms. The molecule has 0 unspecified atom stereocenters. The number of anilines is 1. The van der Waals surface area contributed by atoms with Crippen LogP contribution in [0.15, 0.2) is 84.9 Å². The molecule has 2 heterocycles. The fourth-order valence-corrected chi connectivity index (χ4v) is 5.43. The zero-order chi connectivity index (χ0) is 25.1. The molecule has 36 heavy (non-hydrogen) atoms. The molecule has 0 atom stereocenters. The van der Waals surface area contributed by atoms with E-state index in [0.717, 1.165) is 38.2 Å². The van der Waals surface area contributed by atoms with E-state index in [2.05, 4.69) is 18.2 Å². The Hall–Kier alpha value is -4.16. The van der Waals surface area contributed by atoms with Gasteiger partial charge in [0, 0.05) is 17.4 Å². The molecule has 0 saturated heterocycles. The number of Topliss-reactive ketones (excluding diaryl/α,β-unsaturated/α-hetero) is 1. The largest absolute Gasteiger partial charge is 0.493 e. The summed E-state index contributed by atoms with van der Waals surface area (Å²) in [6.07, 6.45) is 0.903.